The lowest BCUT2D eigenvalue weighted by Crippen LogP contribution is -2.50. The van der Waals surface area contributed by atoms with Crippen LogP contribution in [0.2, 0.25) is 0 Å². The number of hydrogen-bond donors (Lipinski definition) is 0. The third-order valence-electron chi connectivity index (χ3n) is 3.28. The average molecular weight is 199 g/mol. The SMILES string of the molecule is CC(C)(C)N1COCOC2CCCC21. The predicted molar refractivity (Wildman–Crippen MR) is 54.9 cm³/mol. The summed E-state index contributed by atoms with van der Waals surface area (Å²) in [4.78, 5) is 2.44. The monoisotopic (exact) mass is 199 g/mol. The maximum atomic E-state index is 5.69. The Labute approximate surface area is 86.4 Å². The first kappa shape index (κ1) is 10.4. The molecule has 1 aliphatic carbocycles. The Hall–Kier alpha value is -0.120. The lowest BCUT2D eigenvalue weighted by Gasteiger charge is -2.39. The molecule has 2 aliphatic rings. The van der Waals surface area contributed by atoms with E-state index in [1.165, 1.54) is 19.3 Å². The molecule has 0 aromatic heterocycles. The summed E-state index contributed by atoms with van der Waals surface area (Å²) in [6.07, 6.45) is 4.14. The average Bonchev–Trinajstić information content (AvgIpc) is 2.42. The highest BCUT2D eigenvalue weighted by molar-refractivity contribution is 4.91. The van der Waals surface area contributed by atoms with E-state index in [2.05, 4.69) is 25.7 Å². The molecule has 2 fully saturated rings. The van der Waals surface area contributed by atoms with Gasteiger partial charge in [0, 0.05) is 11.6 Å². The van der Waals surface area contributed by atoms with Gasteiger partial charge in [0.05, 0.1) is 6.10 Å². The quantitative estimate of drug-likeness (QED) is 0.595. The third kappa shape index (κ3) is 1.95. The van der Waals surface area contributed by atoms with Crippen LogP contribution < -0.4 is 0 Å². The van der Waals surface area contributed by atoms with Gasteiger partial charge in [-0.15, -0.1) is 0 Å². The van der Waals surface area contributed by atoms with Crippen molar-refractivity contribution in [1.82, 2.24) is 4.90 Å². The number of rotatable bonds is 0. The van der Waals surface area contributed by atoms with Crippen molar-refractivity contribution in [3.05, 3.63) is 0 Å². The summed E-state index contributed by atoms with van der Waals surface area (Å²) >= 11 is 0. The Balaban J connectivity index is 2.13. The number of hydrogen-bond acceptors (Lipinski definition) is 3. The highest BCUT2D eigenvalue weighted by Gasteiger charge is 2.39. The minimum absolute atomic E-state index is 0.182. The summed E-state index contributed by atoms with van der Waals surface area (Å²) in [5, 5.41) is 0. The molecule has 2 atom stereocenters. The third-order valence-corrected chi connectivity index (χ3v) is 3.28. The molecule has 0 spiro atoms. The summed E-state index contributed by atoms with van der Waals surface area (Å²) in [5.41, 5.74) is 0.182. The van der Waals surface area contributed by atoms with Crippen LogP contribution in [0.15, 0.2) is 0 Å². The molecule has 1 saturated carbocycles. The molecule has 1 aliphatic heterocycles. The number of ether oxygens (including phenoxy) is 2. The summed E-state index contributed by atoms with van der Waals surface area (Å²) in [7, 11) is 0. The molecule has 2 rings (SSSR count). The maximum Gasteiger partial charge on any atom is 0.148 e. The molecule has 0 N–H and O–H groups in total. The van der Waals surface area contributed by atoms with Crippen LogP contribution in [0.1, 0.15) is 40.0 Å². The molecule has 0 aromatic carbocycles. The van der Waals surface area contributed by atoms with Crippen LogP contribution in [0.3, 0.4) is 0 Å². The second kappa shape index (κ2) is 3.80. The maximum absolute atomic E-state index is 5.69. The van der Waals surface area contributed by atoms with Crippen LogP contribution in [0, 0.1) is 0 Å². The second-order valence-corrected chi connectivity index (χ2v) is 5.30. The first-order valence-electron chi connectivity index (χ1n) is 5.55. The number of fused-ring (bicyclic) bond motifs is 1. The van der Waals surface area contributed by atoms with Crippen LogP contribution in [-0.4, -0.2) is 36.1 Å². The highest BCUT2D eigenvalue weighted by atomic mass is 16.7. The van der Waals surface area contributed by atoms with Gasteiger partial charge in [-0.2, -0.15) is 0 Å². The van der Waals surface area contributed by atoms with Crippen molar-refractivity contribution >= 4 is 0 Å². The van der Waals surface area contributed by atoms with E-state index in [9.17, 15) is 0 Å². The molecule has 1 saturated heterocycles. The Morgan fingerprint density at radius 2 is 2.00 bits per heavy atom. The summed E-state index contributed by atoms with van der Waals surface area (Å²) in [5.74, 6) is 0. The predicted octanol–water partition coefficient (Wildman–Crippen LogP) is 1.97. The van der Waals surface area contributed by atoms with Crippen LogP contribution >= 0.6 is 0 Å². The molecule has 3 heteroatoms. The summed E-state index contributed by atoms with van der Waals surface area (Å²) in [6.45, 7) is 7.92. The molecule has 14 heavy (non-hydrogen) atoms. The van der Waals surface area contributed by atoms with Gasteiger partial charge in [-0.1, -0.05) is 0 Å². The Kier molecular flexibility index (Phi) is 2.82. The Morgan fingerprint density at radius 3 is 2.71 bits per heavy atom. The zero-order valence-electron chi connectivity index (χ0n) is 9.45. The van der Waals surface area contributed by atoms with E-state index in [0.29, 0.717) is 25.7 Å². The summed E-state index contributed by atoms with van der Waals surface area (Å²) < 4.78 is 11.2. The van der Waals surface area contributed by atoms with Crippen LogP contribution in [0.4, 0.5) is 0 Å². The largest absolute Gasteiger partial charge is 0.350 e. The molecule has 82 valence electrons. The van der Waals surface area contributed by atoms with E-state index in [1.807, 2.05) is 0 Å². The lowest BCUT2D eigenvalue weighted by atomic mass is 10.0. The minimum Gasteiger partial charge on any atom is -0.350 e. The first-order valence-corrected chi connectivity index (χ1v) is 5.55. The van der Waals surface area contributed by atoms with Gasteiger partial charge in [-0.3, -0.25) is 4.90 Å². The lowest BCUT2D eigenvalue weighted by molar-refractivity contribution is -0.0772. The van der Waals surface area contributed by atoms with Gasteiger partial charge in [0.1, 0.15) is 13.5 Å². The molecule has 0 radical (unpaired) electrons. The minimum atomic E-state index is 0.182. The van der Waals surface area contributed by atoms with Gasteiger partial charge in [0.15, 0.2) is 0 Å². The topological polar surface area (TPSA) is 21.7 Å². The van der Waals surface area contributed by atoms with Crippen molar-refractivity contribution in [3.63, 3.8) is 0 Å². The molecule has 0 bridgehead atoms. The van der Waals surface area contributed by atoms with E-state index in [0.717, 1.165) is 0 Å². The van der Waals surface area contributed by atoms with Crippen molar-refractivity contribution in [2.45, 2.75) is 57.7 Å². The van der Waals surface area contributed by atoms with Gasteiger partial charge < -0.3 is 9.47 Å². The van der Waals surface area contributed by atoms with Gasteiger partial charge in [0.2, 0.25) is 0 Å². The van der Waals surface area contributed by atoms with E-state index < -0.39 is 0 Å². The van der Waals surface area contributed by atoms with Crippen LogP contribution in [0.25, 0.3) is 0 Å². The highest BCUT2D eigenvalue weighted by Crippen LogP contribution is 2.32. The fourth-order valence-electron chi connectivity index (χ4n) is 2.52. The van der Waals surface area contributed by atoms with E-state index in [4.69, 9.17) is 9.47 Å². The molecule has 2 unspecified atom stereocenters. The van der Waals surface area contributed by atoms with E-state index in [1.54, 1.807) is 0 Å². The molecule has 1 heterocycles. The van der Waals surface area contributed by atoms with Gasteiger partial charge in [-0.25, -0.2) is 0 Å². The van der Waals surface area contributed by atoms with Crippen molar-refractivity contribution in [1.29, 1.82) is 0 Å². The first-order chi connectivity index (χ1) is 6.59. The van der Waals surface area contributed by atoms with Gasteiger partial charge in [-0.05, 0) is 40.0 Å². The Bertz CT molecular complexity index is 200. The normalized spacial score (nSPS) is 35.4. The molecular formula is C11H21NO2. The zero-order valence-corrected chi connectivity index (χ0v) is 9.45. The van der Waals surface area contributed by atoms with Crippen molar-refractivity contribution in [2.24, 2.45) is 0 Å². The molecular weight excluding hydrogens is 178 g/mol. The fraction of sp³-hybridized carbons (Fsp3) is 1.00. The van der Waals surface area contributed by atoms with Crippen molar-refractivity contribution in [2.75, 3.05) is 13.5 Å². The van der Waals surface area contributed by atoms with Crippen molar-refractivity contribution in [3.8, 4) is 0 Å². The van der Waals surface area contributed by atoms with E-state index >= 15 is 0 Å². The summed E-state index contributed by atoms with van der Waals surface area (Å²) in [6, 6.07) is 0.567. The number of nitrogens with zero attached hydrogens (tertiary/aromatic N) is 1. The van der Waals surface area contributed by atoms with Gasteiger partial charge in [0.25, 0.3) is 0 Å². The molecule has 3 nitrogen and oxygen atoms in total. The second-order valence-electron chi connectivity index (χ2n) is 5.30. The molecule has 0 aromatic rings. The smallest absolute Gasteiger partial charge is 0.148 e. The van der Waals surface area contributed by atoms with E-state index in [-0.39, 0.29) is 5.54 Å². The van der Waals surface area contributed by atoms with Crippen molar-refractivity contribution < 1.29 is 9.47 Å². The molecule has 0 amide bonds. The van der Waals surface area contributed by atoms with Crippen LogP contribution in [-0.2, 0) is 9.47 Å². The van der Waals surface area contributed by atoms with Gasteiger partial charge >= 0.3 is 0 Å². The fourth-order valence-corrected chi connectivity index (χ4v) is 2.52. The zero-order chi connectivity index (χ0) is 10.2. The van der Waals surface area contributed by atoms with Crippen LogP contribution in [0.5, 0.6) is 0 Å². The standard InChI is InChI=1S/C11H21NO2/c1-11(2,3)12-7-13-8-14-10-6-4-5-9(10)12/h9-10H,4-8H2,1-3H3. The Morgan fingerprint density at radius 1 is 1.21 bits per heavy atom.